The quantitative estimate of drug-likeness (QED) is 0.932. The third kappa shape index (κ3) is 2.72. The highest BCUT2D eigenvalue weighted by molar-refractivity contribution is 8.16. The molecule has 0 unspecified atom stereocenters. The average molecular weight is 312 g/mol. The molecule has 0 spiro atoms. The lowest BCUT2D eigenvalue weighted by molar-refractivity contribution is -0.116. The van der Waals surface area contributed by atoms with Gasteiger partial charge < -0.3 is 5.32 Å². The lowest BCUT2D eigenvalue weighted by atomic mass is 10.1. The van der Waals surface area contributed by atoms with Crippen molar-refractivity contribution in [3.05, 3.63) is 59.7 Å². The fourth-order valence-corrected chi connectivity index (χ4v) is 3.20. The van der Waals surface area contributed by atoms with Gasteiger partial charge in [0.25, 0.3) is 11.1 Å². The smallest absolute Gasteiger partial charge is 0.295 e. The van der Waals surface area contributed by atoms with Gasteiger partial charge in [-0.3, -0.25) is 9.59 Å². The topological polar surface area (TPSA) is 49.4 Å². The van der Waals surface area contributed by atoms with Crippen molar-refractivity contribution in [1.82, 2.24) is 0 Å². The molecule has 4 nitrogen and oxygen atoms in total. The van der Waals surface area contributed by atoms with Gasteiger partial charge in [0.05, 0.1) is 5.69 Å². The van der Waals surface area contributed by atoms with E-state index in [9.17, 15) is 9.59 Å². The summed E-state index contributed by atoms with van der Waals surface area (Å²) in [5.74, 6) is -0.237. The Hall–Kier alpha value is -2.27. The molecule has 5 heteroatoms. The molecule has 2 aromatic carbocycles. The molecule has 0 aliphatic carbocycles. The van der Waals surface area contributed by atoms with Gasteiger partial charge in [0.1, 0.15) is 0 Å². The van der Waals surface area contributed by atoms with Crippen LogP contribution in [0, 0.1) is 13.8 Å². The summed E-state index contributed by atoms with van der Waals surface area (Å²) in [4.78, 5) is 25.9. The van der Waals surface area contributed by atoms with Crippen LogP contribution in [0.25, 0.3) is 0 Å². The summed E-state index contributed by atoms with van der Waals surface area (Å²) < 4.78 is 0. The van der Waals surface area contributed by atoms with Crippen LogP contribution >= 0.6 is 11.8 Å². The van der Waals surface area contributed by atoms with Crippen molar-refractivity contribution < 1.29 is 9.59 Å². The van der Waals surface area contributed by atoms with Gasteiger partial charge in [-0.2, -0.15) is 0 Å². The second kappa shape index (κ2) is 5.85. The number of nitrogens with one attached hydrogen (secondary N) is 1. The van der Waals surface area contributed by atoms with Gasteiger partial charge in [-0.25, -0.2) is 4.90 Å². The van der Waals surface area contributed by atoms with Gasteiger partial charge >= 0.3 is 0 Å². The Labute approximate surface area is 133 Å². The van der Waals surface area contributed by atoms with Crippen LogP contribution in [-0.2, 0) is 4.79 Å². The molecule has 0 aromatic heterocycles. The minimum atomic E-state index is -0.588. The minimum Gasteiger partial charge on any atom is -0.365 e. The number of imide groups is 1. The van der Waals surface area contributed by atoms with Crippen LogP contribution in [0.2, 0.25) is 0 Å². The van der Waals surface area contributed by atoms with Crippen LogP contribution in [0.1, 0.15) is 11.1 Å². The number of anilines is 2. The SMILES string of the molecule is Cc1ccc(N[C@@H]2SC(=O)N(c3ccccc3)C2=O)cc1C. The van der Waals surface area contributed by atoms with Crippen molar-refractivity contribution in [2.24, 2.45) is 0 Å². The maximum Gasteiger partial charge on any atom is 0.295 e. The summed E-state index contributed by atoms with van der Waals surface area (Å²) in [5.41, 5.74) is 3.79. The Morgan fingerprint density at radius 3 is 2.41 bits per heavy atom. The van der Waals surface area contributed by atoms with Crippen LogP contribution in [0.4, 0.5) is 16.2 Å². The molecular formula is C17H16N2O2S. The molecule has 1 aliphatic rings. The average Bonchev–Trinajstić information content (AvgIpc) is 2.78. The van der Waals surface area contributed by atoms with E-state index in [1.165, 1.54) is 10.5 Å². The van der Waals surface area contributed by atoms with Crippen molar-refractivity contribution >= 4 is 34.3 Å². The number of nitrogens with zero attached hydrogens (tertiary/aromatic N) is 1. The maximum atomic E-state index is 12.5. The van der Waals surface area contributed by atoms with Gasteiger partial charge in [-0.15, -0.1) is 0 Å². The first-order valence-corrected chi connectivity index (χ1v) is 7.87. The van der Waals surface area contributed by atoms with Crippen molar-refractivity contribution in [2.75, 3.05) is 10.2 Å². The van der Waals surface area contributed by atoms with Gasteiger partial charge in [-0.05, 0) is 61.0 Å². The first-order chi connectivity index (χ1) is 10.6. The van der Waals surface area contributed by atoms with E-state index in [-0.39, 0.29) is 11.1 Å². The monoisotopic (exact) mass is 312 g/mol. The largest absolute Gasteiger partial charge is 0.365 e. The Balaban J connectivity index is 1.80. The lowest BCUT2D eigenvalue weighted by Gasteiger charge is -2.15. The number of rotatable bonds is 3. The fourth-order valence-electron chi connectivity index (χ4n) is 2.29. The Kier molecular flexibility index (Phi) is 3.90. The molecule has 1 heterocycles. The summed E-state index contributed by atoms with van der Waals surface area (Å²) in [6.07, 6.45) is 0. The first-order valence-electron chi connectivity index (χ1n) is 6.99. The van der Waals surface area contributed by atoms with E-state index < -0.39 is 5.37 Å². The number of benzene rings is 2. The predicted molar refractivity (Wildman–Crippen MR) is 90.2 cm³/mol. The van der Waals surface area contributed by atoms with E-state index in [1.807, 2.05) is 50.2 Å². The summed E-state index contributed by atoms with van der Waals surface area (Å²) in [6, 6.07) is 14.9. The van der Waals surface area contributed by atoms with E-state index in [2.05, 4.69) is 5.32 Å². The molecule has 1 atom stereocenters. The molecule has 1 aliphatic heterocycles. The molecule has 0 radical (unpaired) electrons. The third-order valence-corrected chi connectivity index (χ3v) is 4.60. The molecule has 22 heavy (non-hydrogen) atoms. The zero-order valence-electron chi connectivity index (χ0n) is 12.4. The van der Waals surface area contributed by atoms with Crippen LogP contribution in [0.15, 0.2) is 48.5 Å². The second-order valence-electron chi connectivity index (χ2n) is 5.22. The highest BCUT2D eigenvalue weighted by atomic mass is 32.2. The Bertz CT molecular complexity index is 731. The van der Waals surface area contributed by atoms with Gasteiger partial charge in [-0.1, -0.05) is 24.3 Å². The highest BCUT2D eigenvalue weighted by Crippen LogP contribution is 2.32. The Morgan fingerprint density at radius 2 is 1.73 bits per heavy atom. The van der Waals surface area contributed by atoms with E-state index in [0.29, 0.717) is 5.69 Å². The normalized spacial score (nSPS) is 17.9. The van der Waals surface area contributed by atoms with Crippen molar-refractivity contribution in [3.63, 3.8) is 0 Å². The van der Waals surface area contributed by atoms with Crippen LogP contribution in [0.3, 0.4) is 0 Å². The number of para-hydroxylation sites is 1. The molecule has 2 aromatic rings. The number of hydrogen-bond donors (Lipinski definition) is 1. The zero-order chi connectivity index (χ0) is 15.7. The lowest BCUT2D eigenvalue weighted by Crippen LogP contribution is -2.34. The zero-order valence-corrected chi connectivity index (χ0v) is 13.2. The predicted octanol–water partition coefficient (Wildman–Crippen LogP) is 3.94. The minimum absolute atomic E-state index is 0.237. The van der Waals surface area contributed by atoms with Gasteiger partial charge in [0.15, 0.2) is 5.37 Å². The van der Waals surface area contributed by atoms with Crippen LogP contribution < -0.4 is 10.2 Å². The van der Waals surface area contributed by atoms with E-state index >= 15 is 0 Å². The fraction of sp³-hybridized carbons (Fsp3) is 0.176. The summed E-state index contributed by atoms with van der Waals surface area (Å²) >= 11 is 1.01. The molecular weight excluding hydrogens is 296 g/mol. The molecule has 0 saturated carbocycles. The summed E-state index contributed by atoms with van der Waals surface area (Å²) in [6.45, 7) is 4.06. The summed E-state index contributed by atoms with van der Waals surface area (Å²) in [7, 11) is 0. The van der Waals surface area contributed by atoms with Gasteiger partial charge in [0, 0.05) is 5.69 Å². The number of carbonyl (C=O) groups excluding carboxylic acids is 2. The molecule has 1 saturated heterocycles. The second-order valence-corrected chi connectivity index (χ2v) is 6.27. The number of amides is 2. The molecule has 0 bridgehead atoms. The number of hydrogen-bond acceptors (Lipinski definition) is 4. The van der Waals surface area contributed by atoms with Crippen molar-refractivity contribution in [3.8, 4) is 0 Å². The molecule has 1 N–H and O–H groups in total. The van der Waals surface area contributed by atoms with E-state index in [0.717, 1.165) is 23.0 Å². The van der Waals surface area contributed by atoms with Crippen molar-refractivity contribution in [2.45, 2.75) is 19.2 Å². The number of carbonyl (C=O) groups is 2. The van der Waals surface area contributed by atoms with E-state index in [4.69, 9.17) is 0 Å². The first kappa shape index (κ1) is 14.7. The maximum absolute atomic E-state index is 12.5. The highest BCUT2D eigenvalue weighted by Gasteiger charge is 2.40. The van der Waals surface area contributed by atoms with Crippen LogP contribution in [0.5, 0.6) is 0 Å². The molecule has 3 rings (SSSR count). The third-order valence-electron chi connectivity index (χ3n) is 3.66. The standard InChI is InChI=1S/C17H16N2O2S/c1-11-8-9-13(10-12(11)2)18-15-16(20)19(17(21)22-15)14-6-4-3-5-7-14/h3-10,15,18H,1-2H3/t15-/m1/s1. The Morgan fingerprint density at radius 1 is 1.00 bits per heavy atom. The number of thioether (sulfide) groups is 1. The number of aryl methyl sites for hydroxylation is 2. The molecule has 1 fully saturated rings. The molecule has 2 amide bonds. The van der Waals surface area contributed by atoms with Gasteiger partial charge in [0.2, 0.25) is 0 Å². The molecule has 112 valence electrons. The summed E-state index contributed by atoms with van der Waals surface area (Å²) in [5, 5.41) is 2.30. The van der Waals surface area contributed by atoms with E-state index in [1.54, 1.807) is 12.1 Å². The van der Waals surface area contributed by atoms with Crippen molar-refractivity contribution in [1.29, 1.82) is 0 Å². The van der Waals surface area contributed by atoms with Crippen LogP contribution in [-0.4, -0.2) is 16.5 Å².